The van der Waals surface area contributed by atoms with Gasteiger partial charge in [-0.1, -0.05) is 26.0 Å². The highest BCUT2D eigenvalue weighted by atomic mass is 16.4. The minimum atomic E-state index is -0.914. The lowest BCUT2D eigenvalue weighted by molar-refractivity contribution is -0.141. The molecule has 0 aliphatic rings. The van der Waals surface area contributed by atoms with Crippen LogP contribution in [0.4, 0.5) is 0 Å². The SMILES string of the molecule is CC(C)c1ccc(C(=O)NC(C)C(C)C(=O)O)cc1. The number of benzene rings is 1. The summed E-state index contributed by atoms with van der Waals surface area (Å²) in [7, 11) is 0. The number of amides is 1. The van der Waals surface area contributed by atoms with Crippen molar-refractivity contribution >= 4 is 11.9 Å². The molecule has 0 spiro atoms. The van der Waals surface area contributed by atoms with Gasteiger partial charge in [0.2, 0.25) is 0 Å². The van der Waals surface area contributed by atoms with Crippen LogP contribution in [0.1, 0.15) is 49.5 Å². The van der Waals surface area contributed by atoms with Crippen LogP contribution < -0.4 is 5.32 Å². The summed E-state index contributed by atoms with van der Waals surface area (Å²) in [5.74, 6) is -1.35. The van der Waals surface area contributed by atoms with E-state index in [1.54, 1.807) is 26.0 Å². The van der Waals surface area contributed by atoms with Gasteiger partial charge in [0.05, 0.1) is 5.92 Å². The van der Waals surface area contributed by atoms with Crippen LogP contribution in [0.3, 0.4) is 0 Å². The molecular formula is C15H21NO3. The first-order chi connectivity index (χ1) is 8.82. The largest absolute Gasteiger partial charge is 0.481 e. The van der Waals surface area contributed by atoms with E-state index in [4.69, 9.17) is 5.11 Å². The predicted molar refractivity (Wildman–Crippen MR) is 74.3 cm³/mol. The van der Waals surface area contributed by atoms with E-state index >= 15 is 0 Å². The van der Waals surface area contributed by atoms with Gasteiger partial charge in [-0.15, -0.1) is 0 Å². The summed E-state index contributed by atoms with van der Waals surface area (Å²) >= 11 is 0. The van der Waals surface area contributed by atoms with Crippen LogP contribution in [0, 0.1) is 5.92 Å². The molecule has 2 atom stereocenters. The molecule has 1 aromatic carbocycles. The second-order valence-corrected chi connectivity index (χ2v) is 5.17. The highest BCUT2D eigenvalue weighted by Gasteiger charge is 2.21. The lowest BCUT2D eigenvalue weighted by Crippen LogP contribution is -2.40. The summed E-state index contributed by atoms with van der Waals surface area (Å²) in [5.41, 5.74) is 1.72. The normalized spacial score (nSPS) is 13.9. The molecular weight excluding hydrogens is 242 g/mol. The Labute approximate surface area is 113 Å². The van der Waals surface area contributed by atoms with Crippen molar-refractivity contribution in [2.75, 3.05) is 0 Å². The zero-order chi connectivity index (χ0) is 14.6. The van der Waals surface area contributed by atoms with Gasteiger partial charge in [-0.25, -0.2) is 0 Å². The van der Waals surface area contributed by atoms with Crippen molar-refractivity contribution in [1.82, 2.24) is 5.32 Å². The van der Waals surface area contributed by atoms with Gasteiger partial charge in [0.25, 0.3) is 5.91 Å². The van der Waals surface area contributed by atoms with E-state index in [1.807, 2.05) is 12.1 Å². The van der Waals surface area contributed by atoms with Gasteiger partial charge in [0.1, 0.15) is 0 Å². The van der Waals surface area contributed by atoms with Crippen LogP contribution in [-0.2, 0) is 4.79 Å². The lowest BCUT2D eigenvalue weighted by atomic mass is 10.0. The Kier molecular flexibility index (Phi) is 5.10. The fraction of sp³-hybridized carbons (Fsp3) is 0.467. The van der Waals surface area contributed by atoms with E-state index in [0.29, 0.717) is 11.5 Å². The van der Waals surface area contributed by atoms with E-state index in [-0.39, 0.29) is 5.91 Å². The third-order valence-corrected chi connectivity index (χ3v) is 3.34. The number of hydrogen-bond acceptors (Lipinski definition) is 2. The van der Waals surface area contributed by atoms with Gasteiger partial charge in [-0.3, -0.25) is 9.59 Å². The quantitative estimate of drug-likeness (QED) is 0.858. The average Bonchev–Trinajstić information content (AvgIpc) is 2.37. The van der Waals surface area contributed by atoms with E-state index in [1.165, 1.54) is 5.56 Å². The van der Waals surface area contributed by atoms with E-state index in [0.717, 1.165) is 0 Å². The summed E-state index contributed by atoms with van der Waals surface area (Å²) < 4.78 is 0. The van der Waals surface area contributed by atoms with Crippen LogP contribution in [0.5, 0.6) is 0 Å². The topological polar surface area (TPSA) is 66.4 Å². The minimum absolute atomic E-state index is 0.240. The van der Waals surface area contributed by atoms with Crippen molar-refractivity contribution in [3.63, 3.8) is 0 Å². The first-order valence-corrected chi connectivity index (χ1v) is 6.46. The van der Waals surface area contributed by atoms with Crippen molar-refractivity contribution in [1.29, 1.82) is 0 Å². The van der Waals surface area contributed by atoms with Crippen molar-refractivity contribution < 1.29 is 14.7 Å². The molecule has 0 saturated carbocycles. The smallest absolute Gasteiger partial charge is 0.308 e. The third kappa shape index (κ3) is 4.09. The van der Waals surface area contributed by atoms with Gasteiger partial charge in [-0.05, 0) is 37.5 Å². The number of nitrogens with one attached hydrogen (secondary N) is 1. The maximum atomic E-state index is 12.0. The molecule has 0 aliphatic heterocycles. The summed E-state index contributed by atoms with van der Waals surface area (Å²) in [4.78, 5) is 22.8. The zero-order valence-corrected chi connectivity index (χ0v) is 11.8. The molecule has 2 N–H and O–H groups in total. The molecule has 0 heterocycles. The van der Waals surface area contributed by atoms with Crippen LogP contribution in [0.25, 0.3) is 0 Å². The molecule has 0 saturated heterocycles. The molecule has 4 nitrogen and oxygen atoms in total. The number of rotatable bonds is 5. The standard InChI is InChI=1S/C15H21NO3/c1-9(2)12-5-7-13(8-6-12)14(17)16-11(4)10(3)15(18)19/h5-11H,1-4H3,(H,16,17)(H,18,19). The summed E-state index contributed by atoms with van der Waals surface area (Å²) in [6, 6.07) is 6.97. The average molecular weight is 263 g/mol. The summed E-state index contributed by atoms with van der Waals surface area (Å²) in [6.07, 6.45) is 0. The monoisotopic (exact) mass is 263 g/mol. The number of carbonyl (C=O) groups is 2. The highest BCUT2D eigenvalue weighted by molar-refractivity contribution is 5.94. The predicted octanol–water partition coefficient (Wildman–Crippen LogP) is 2.65. The van der Waals surface area contributed by atoms with Gasteiger partial charge in [-0.2, -0.15) is 0 Å². The second kappa shape index (κ2) is 6.36. The van der Waals surface area contributed by atoms with Crippen LogP contribution in [-0.4, -0.2) is 23.0 Å². The Balaban J connectivity index is 2.70. The molecule has 0 bridgehead atoms. The molecule has 1 aromatic rings. The maximum Gasteiger partial charge on any atom is 0.308 e. The first-order valence-electron chi connectivity index (χ1n) is 6.46. The maximum absolute atomic E-state index is 12.0. The molecule has 1 amide bonds. The number of aliphatic carboxylic acids is 1. The Morgan fingerprint density at radius 1 is 1.05 bits per heavy atom. The number of carboxylic acids is 1. The van der Waals surface area contributed by atoms with Gasteiger partial charge >= 0.3 is 5.97 Å². The zero-order valence-electron chi connectivity index (χ0n) is 11.8. The number of hydrogen-bond donors (Lipinski definition) is 2. The number of carbonyl (C=O) groups excluding carboxylic acids is 1. The van der Waals surface area contributed by atoms with Crippen molar-refractivity contribution in [2.24, 2.45) is 5.92 Å². The highest BCUT2D eigenvalue weighted by Crippen LogP contribution is 2.15. The Hall–Kier alpha value is -1.84. The molecule has 4 heteroatoms. The minimum Gasteiger partial charge on any atom is -0.481 e. The lowest BCUT2D eigenvalue weighted by Gasteiger charge is -2.18. The molecule has 104 valence electrons. The molecule has 2 unspecified atom stereocenters. The molecule has 0 aromatic heterocycles. The van der Waals surface area contributed by atoms with Crippen LogP contribution >= 0.6 is 0 Å². The van der Waals surface area contributed by atoms with E-state index in [2.05, 4.69) is 19.2 Å². The van der Waals surface area contributed by atoms with Crippen molar-refractivity contribution in [3.8, 4) is 0 Å². The molecule has 0 aliphatic carbocycles. The van der Waals surface area contributed by atoms with Gasteiger partial charge in [0, 0.05) is 11.6 Å². The fourth-order valence-corrected chi connectivity index (χ4v) is 1.65. The van der Waals surface area contributed by atoms with Gasteiger partial charge in [0.15, 0.2) is 0 Å². The molecule has 1 rings (SSSR count). The molecule has 0 fully saturated rings. The third-order valence-electron chi connectivity index (χ3n) is 3.34. The van der Waals surface area contributed by atoms with Crippen molar-refractivity contribution in [3.05, 3.63) is 35.4 Å². The summed E-state index contributed by atoms with van der Waals surface area (Å²) in [5, 5.41) is 11.6. The summed E-state index contributed by atoms with van der Waals surface area (Å²) in [6.45, 7) is 7.45. The van der Waals surface area contributed by atoms with Gasteiger partial charge < -0.3 is 10.4 Å². The van der Waals surface area contributed by atoms with Crippen LogP contribution in [0.2, 0.25) is 0 Å². The van der Waals surface area contributed by atoms with Crippen LogP contribution in [0.15, 0.2) is 24.3 Å². The molecule has 0 radical (unpaired) electrons. The fourth-order valence-electron chi connectivity index (χ4n) is 1.65. The first kappa shape index (κ1) is 15.2. The van der Waals surface area contributed by atoms with Crippen molar-refractivity contribution in [2.45, 2.75) is 39.7 Å². The Morgan fingerprint density at radius 2 is 1.58 bits per heavy atom. The van der Waals surface area contributed by atoms with E-state index in [9.17, 15) is 9.59 Å². The molecule has 19 heavy (non-hydrogen) atoms. The second-order valence-electron chi connectivity index (χ2n) is 5.17. The Bertz CT molecular complexity index is 451. The number of carboxylic acid groups (broad SMARTS) is 1. The Morgan fingerprint density at radius 3 is 2.00 bits per heavy atom. The van der Waals surface area contributed by atoms with E-state index < -0.39 is 17.9 Å².